The lowest BCUT2D eigenvalue weighted by Gasteiger charge is -2.22. The quantitative estimate of drug-likeness (QED) is 0.569. The number of hydrogen-bond donors (Lipinski definition) is 2. The summed E-state index contributed by atoms with van der Waals surface area (Å²) in [6.07, 6.45) is 1.68. The molecule has 3 aromatic rings. The van der Waals surface area contributed by atoms with Crippen LogP contribution < -0.4 is 10.2 Å². The van der Waals surface area contributed by atoms with E-state index in [1.54, 1.807) is 6.33 Å². The van der Waals surface area contributed by atoms with E-state index in [0.717, 1.165) is 11.3 Å². The van der Waals surface area contributed by atoms with Crippen LogP contribution in [0.5, 0.6) is 0 Å². The first-order chi connectivity index (χ1) is 13.6. The zero-order valence-corrected chi connectivity index (χ0v) is 17.2. The predicted molar refractivity (Wildman–Crippen MR) is 112 cm³/mol. The number of quaternary nitrogens is 1. The Morgan fingerprint density at radius 1 is 1.14 bits per heavy atom. The van der Waals surface area contributed by atoms with Crippen molar-refractivity contribution in [2.24, 2.45) is 0 Å². The lowest BCUT2D eigenvalue weighted by atomic mass is 10.1. The Kier molecular flexibility index (Phi) is 6.84. The summed E-state index contributed by atoms with van der Waals surface area (Å²) in [5.74, 6) is 0.293. The van der Waals surface area contributed by atoms with Gasteiger partial charge in [-0.05, 0) is 18.6 Å². The lowest BCUT2D eigenvalue weighted by molar-refractivity contribution is -0.890. The number of para-hydroxylation sites is 1. The lowest BCUT2D eigenvalue weighted by Crippen LogP contribution is -3.07. The maximum absolute atomic E-state index is 12.4. The van der Waals surface area contributed by atoms with Gasteiger partial charge in [0.05, 0.1) is 32.1 Å². The van der Waals surface area contributed by atoms with Gasteiger partial charge >= 0.3 is 0 Å². The van der Waals surface area contributed by atoms with Crippen molar-refractivity contribution in [3.05, 3.63) is 72.1 Å². The molecule has 0 bridgehead atoms. The number of amides is 1. The fourth-order valence-corrected chi connectivity index (χ4v) is 3.81. The van der Waals surface area contributed by atoms with Crippen LogP contribution in [0, 0.1) is 6.92 Å². The van der Waals surface area contributed by atoms with Crippen LogP contribution in [0.25, 0.3) is 5.69 Å². The molecular formula is C21H26N5OS+. The molecule has 0 fully saturated rings. The highest BCUT2D eigenvalue weighted by Crippen LogP contribution is 2.21. The van der Waals surface area contributed by atoms with Gasteiger partial charge in [0.25, 0.3) is 0 Å². The van der Waals surface area contributed by atoms with Crippen molar-refractivity contribution in [1.29, 1.82) is 0 Å². The van der Waals surface area contributed by atoms with Gasteiger partial charge < -0.3 is 10.2 Å². The van der Waals surface area contributed by atoms with Crippen molar-refractivity contribution < 1.29 is 9.69 Å². The van der Waals surface area contributed by atoms with Crippen molar-refractivity contribution in [3.63, 3.8) is 0 Å². The van der Waals surface area contributed by atoms with Crippen LogP contribution in [0.2, 0.25) is 0 Å². The molecule has 28 heavy (non-hydrogen) atoms. The Bertz CT molecular complexity index is 910. The molecule has 6 nitrogen and oxygen atoms in total. The van der Waals surface area contributed by atoms with Crippen LogP contribution in [0.4, 0.5) is 0 Å². The number of nitrogens with zero attached hydrogens (tertiary/aromatic N) is 3. The zero-order chi connectivity index (χ0) is 19.9. The van der Waals surface area contributed by atoms with Gasteiger partial charge in [-0.25, -0.2) is 0 Å². The highest BCUT2D eigenvalue weighted by molar-refractivity contribution is 7.99. The van der Waals surface area contributed by atoms with Gasteiger partial charge in [0.1, 0.15) is 12.4 Å². The average Bonchev–Trinajstić information content (AvgIpc) is 3.16. The van der Waals surface area contributed by atoms with Crippen LogP contribution in [0.1, 0.15) is 17.2 Å². The SMILES string of the molecule is Cc1ccccc1-n1cnnc1SCC(=O)NC[C@H](c1ccccc1)[NH+](C)C. The van der Waals surface area contributed by atoms with E-state index in [4.69, 9.17) is 0 Å². The molecule has 1 amide bonds. The average molecular weight is 397 g/mol. The van der Waals surface area contributed by atoms with Gasteiger partial charge in [-0.15, -0.1) is 10.2 Å². The summed E-state index contributed by atoms with van der Waals surface area (Å²) in [6.45, 7) is 2.64. The van der Waals surface area contributed by atoms with E-state index in [9.17, 15) is 4.79 Å². The van der Waals surface area contributed by atoms with E-state index in [0.29, 0.717) is 17.5 Å². The second-order valence-electron chi connectivity index (χ2n) is 6.90. The third-order valence-electron chi connectivity index (χ3n) is 4.63. The highest BCUT2D eigenvalue weighted by Gasteiger charge is 2.19. The number of aromatic nitrogens is 3. The van der Waals surface area contributed by atoms with Crippen LogP contribution in [-0.4, -0.2) is 47.1 Å². The second-order valence-corrected chi connectivity index (χ2v) is 7.85. The van der Waals surface area contributed by atoms with E-state index < -0.39 is 0 Å². The first kappa shape index (κ1) is 20.1. The number of aryl methyl sites for hydroxylation is 1. The van der Waals surface area contributed by atoms with E-state index in [1.807, 2.05) is 54.0 Å². The first-order valence-corrected chi connectivity index (χ1v) is 10.3. The van der Waals surface area contributed by atoms with Crippen LogP contribution in [0.3, 0.4) is 0 Å². The van der Waals surface area contributed by atoms with E-state index >= 15 is 0 Å². The summed E-state index contributed by atoms with van der Waals surface area (Å²) in [6, 6.07) is 18.5. The largest absolute Gasteiger partial charge is 0.349 e. The zero-order valence-electron chi connectivity index (χ0n) is 16.4. The topological polar surface area (TPSA) is 64.2 Å². The van der Waals surface area contributed by atoms with Crippen molar-refractivity contribution in [2.75, 3.05) is 26.4 Å². The summed E-state index contributed by atoms with van der Waals surface area (Å²) >= 11 is 1.39. The number of carbonyl (C=O) groups excluding carboxylic acids is 1. The minimum atomic E-state index is -0.00786. The molecule has 0 aliphatic rings. The molecule has 2 aromatic carbocycles. The smallest absolute Gasteiger partial charge is 0.230 e. The molecule has 0 radical (unpaired) electrons. The van der Waals surface area contributed by atoms with Crippen LogP contribution in [-0.2, 0) is 4.79 Å². The molecule has 0 unspecified atom stereocenters. The Hall–Kier alpha value is -2.64. The molecular weight excluding hydrogens is 370 g/mol. The fraction of sp³-hybridized carbons (Fsp3) is 0.286. The van der Waals surface area contributed by atoms with E-state index in [1.165, 1.54) is 22.2 Å². The molecule has 0 aliphatic heterocycles. The van der Waals surface area contributed by atoms with Crippen LogP contribution in [0.15, 0.2) is 66.1 Å². The number of benzene rings is 2. The van der Waals surface area contributed by atoms with Gasteiger partial charge in [0.2, 0.25) is 5.91 Å². The molecule has 1 aromatic heterocycles. The maximum Gasteiger partial charge on any atom is 0.230 e. The van der Waals surface area contributed by atoms with Crippen molar-refractivity contribution >= 4 is 17.7 Å². The molecule has 0 saturated carbocycles. The summed E-state index contributed by atoms with van der Waals surface area (Å²) in [7, 11) is 4.20. The van der Waals surface area contributed by atoms with E-state index in [2.05, 4.69) is 41.7 Å². The summed E-state index contributed by atoms with van der Waals surface area (Å²) in [4.78, 5) is 13.7. The Labute approximate surface area is 170 Å². The first-order valence-electron chi connectivity index (χ1n) is 9.26. The molecule has 2 N–H and O–H groups in total. The Morgan fingerprint density at radius 2 is 1.86 bits per heavy atom. The predicted octanol–water partition coefficient (Wildman–Crippen LogP) is 1.67. The molecule has 0 spiro atoms. The number of carbonyl (C=O) groups is 1. The third-order valence-corrected chi connectivity index (χ3v) is 5.57. The van der Waals surface area contributed by atoms with Gasteiger partial charge in [-0.1, -0.05) is 60.3 Å². The normalized spacial score (nSPS) is 12.1. The number of hydrogen-bond acceptors (Lipinski definition) is 4. The Morgan fingerprint density at radius 3 is 2.57 bits per heavy atom. The monoisotopic (exact) mass is 396 g/mol. The molecule has 0 saturated heterocycles. The Balaban J connectivity index is 1.58. The minimum absolute atomic E-state index is 0.00786. The molecule has 1 atom stereocenters. The number of nitrogens with one attached hydrogen (secondary N) is 2. The van der Waals surface area contributed by atoms with Gasteiger partial charge in [0, 0.05) is 5.56 Å². The van der Waals surface area contributed by atoms with Gasteiger partial charge in [-0.2, -0.15) is 0 Å². The summed E-state index contributed by atoms with van der Waals surface area (Å²) in [5, 5.41) is 11.9. The maximum atomic E-state index is 12.4. The van der Waals surface area contributed by atoms with Crippen molar-refractivity contribution in [3.8, 4) is 5.69 Å². The molecule has 0 aliphatic carbocycles. The fourth-order valence-electron chi connectivity index (χ4n) is 3.06. The molecule has 1 heterocycles. The van der Waals surface area contributed by atoms with Gasteiger partial charge in [-0.3, -0.25) is 9.36 Å². The van der Waals surface area contributed by atoms with Crippen LogP contribution >= 0.6 is 11.8 Å². The summed E-state index contributed by atoms with van der Waals surface area (Å²) in [5.41, 5.74) is 3.37. The second kappa shape index (κ2) is 9.52. The highest BCUT2D eigenvalue weighted by atomic mass is 32.2. The minimum Gasteiger partial charge on any atom is -0.349 e. The third kappa shape index (κ3) is 4.99. The number of thioether (sulfide) groups is 1. The molecule has 7 heteroatoms. The number of rotatable bonds is 8. The summed E-state index contributed by atoms with van der Waals surface area (Å²) < 4.78 is 1.92. The van der Waals surface area contributed by atoms with Gasteiger partial charge in [0.15, 0.2) is 5.16 Å². The number of likely N-dealkylation sites (N-methyl/N-ethyl adjacent to an activating group) is 1. The molecule has 146 valence electrons. The molecule has 3 rings (SSSR count). The standard InChI is InChI=1S/C21H25N5OS/c1-16-9-7-8-12-18(16)26-15-23-24-21(26)28-14-20(27)22-13-19(25(2)3)17-10-5-4-6-11-17/h4-12,15,19H,13-14H2,1-3H3,(H,22,27)/p+1/t19-/m1/s1. The van der Waals surface area contributed by atoms with E-state index in [-0.39, 0.29) is 11.9 Å². The van der Waals surface area contributed by atoms with Crippen molar-refractivity contribution in [1.82, 2.24) is 20.1 Å². The van der Waals surface area contributed by atoms with Crippen molar-refractivity contribution in [2.45, 2.75) is 18.1 Å².